The number of hydrogen-bond donors (Lipinski definition) is 5. The number of fused-ring (bicyclic) bond motifs is 3. The molecule has 2 aliphatic heterocycles. The maximum absolute atomic E-state index is 13.9. The lowest BCUT2D eigenvalue weighted by atomic mass is 9.95. The molecule has 5 N–H and O–H groups in total. The van der Waals surface area contributed by atoms with Gasteiger partial charge in [0.1, 0.15) is 29.6 Å². The van der Waals surface area contributed by atoms with Crippen molar-refractivity contribution in [2.24, 2.45) is 23.2 Å². The molecule has 15 nitrogen and oxygen atoms in total. The molecule has 4 fully saturated rings. The van der Waals surface area contributed by atoms with Gasteiger partial charge in [-0.25, -0.2) is 19.6 Å². The zero-order valence-corrected chi connectivity index (χ0v) is 30.1. The minimum atomic E-state index is -0.704. The predicted molar refractivity (Wildman–Crippen MR) is 188 cm³/mol. The Kier molecular flexibility index (Phi) is 9.08. The van der Waals surface area contributed by atoms with E-state index in [0.29, 0.717) is 18.2 Å². The first kappa shape index (κ1) is 34.6. The smallest absolute Gasteiger partial charge is 0.407 e. The zero-order chi connectivity index (χ0) is 36.2. The quantitative estimate of drug-likeness (QED) is 0.196. The fourth-order valence-electron chi connectivity index (χ4n) is 8.44. The van der Waals surface area contributed by atoms with Crippen LogP contribution in [0.25, 0.3) is 11.0 Å². The van der Waals surface area contributed by atoms with Crippen LogP contribution in [0.2, 0.25) is 0 Å². The lowest BCUT2D eigenvalue weighted by Crippen LogP contribution is -2.54. The molecule has 2 aromatic heterocycles. The number of piperidine rings is 1. The van der Waals surface area contributed by atoms with Crippen molar-refractivity contribution in [3.8, 4) is 0 Å². The van der Waals surface area contributed by atoms with E-state index in [1.807, 2.05) is 55.7 Å². The summed E-state index contributed by atoms with van der Waals surface area (Å²) in [5, 5.41) is 8.89. The van der Waals surface area contributed by atoms with Crippen molar-refractivity contribution in [1.82, 2.24) is 40.4 Å². The molecule has 15 heteroatoms. The summed E-state index contributed by atoms with van der Waals surface area (Å²) in [6, 6.07) is 4.13. The number of benzene rings is 1. The number of ether oxygens (including phenoxy) is 2. The van der Waals surface area contributed by atoms with E-state index >= 15 is 0 Å². The molecule has 3 aromatic rings. The minimum Gasteiger partial charge on any atom is -0.453 e. The Morgan fingerprint density at radius 3 is 2.25 bits per heavy atom. The van der Waals surface area contributed by atoms with Gasteiger partial charge in [0.25, 0.3) is 0 Å². The lowest BCUT2D eigenvalue weighted by molar-refractivity contribution is -0.139. The summed E-state index contributed by atoms with van der Waals surface area (Å²) in [6.07, 6.45) is 6.31. The third-order valence-corrected chi connectivity index (χ3v) is 11.3. The third kappa shape index (κ3) is 6.58. The lowest BCUT2D eigenvalue weighted by Gasteiger charge is -2.37. The number of alkyl carbamates (subject to hydrolysis) is 2. The van der Waals surface area contributed by atoms with Gasteiger partial charge in [0.2, 0.25) is 11.8 Å². The standard InChI is InChI=1S/C36H49N9O6/c1-18(2)27(42-34(48)50-5)32(46)44-17-36(11-12-36)15-25(44)30-37-16-26(41-30)38-21-8-10-23-24(14-21)40-31(39-23)29-20-7-9-22(13-20)45(29)33(47)28(19(3)4)43-35(49)51-6/h8,10,14,16,18-20,22,25,27-29,38H,7,9,11-13,15,17H2,1-6H3,(H,37,41)(H,39,40)(H,42,48)(H,43,49)/t20-,22?,25-,27-,28-,29-/m0/s1. The van der Waals surface area contributed by atoms with Gasteiger partial charge in [0, 0.05) is 18.3 Å². The molecule has 7 rings (SSSR count). The van der Waals surface area contributed by atoms with Crippen molar-refractivity contribution >= 4 is 46.5 Å². The van der Waals surface area contributed by atoms with Crippen LogP contribution in [0.1, 0.15) is 90.0 Å². The number of likely N-dealkylation sites (tertiary alicyclic amines) is 2. The van der Waals surface area contributed by atoms with E-state index in [1.54, 1.807) is 6.20 Å². The van der Waals surface area contributed by atoms with E-state index < -0.39 is 24.3 Å². The van der Waals surface area contributed by atoms with E-state index in [0.717, 1.165) is 61.1 Å². The molecule has 2 aliphatic carbocycles. The van der Waals surface area contributed by atoms with Gasteiger partial charge in [0.15, 0.2) is 0 Å². The Labute approximate surface area is 297 Å². The summed E-state index contributed by atoms with van der Waals surface area (Å²) in [5.41, 5.74) is 2.54. The van der Waals surface area contributed by atoms with Crippen molar-refractivity contribution in [2.45, 2.75) is 96.4 Å². The highest BCUT2D eigenvalue weighted by Gasteiger charge is 2.55. The fourth-order valence-corrected chi connectivity index (χ4v) is 8.44. The molecular formula is C36H49N9O6. The van der Waals surface area contributed by atoms with Crippen LogP contribution in [-0.2, 0) is 19.1 Å². The average Bonchev–Trinajstić information content (AvgIpc) is 3.68. The number of carbonyl (C=O) groups is 4. The Morgan fingerprint density at radius 1 is 0.922 bits per heavy atom. The first-order valence-corrected chi connectivity index (χ1v) is 18.0. The third-order valence-electron chi connectivity index (χ3n) is 11.3. The number of nitrogens with zero attached hydrogens (tertiary/aromatic N) is 4. The van der Waals surface area contributed by atoms with Gasteiger partial charge in [-0.15, -0.1) is 0 Å². The van der Waals surface area contributed by atoms with Crippen molar-refractivity contribution in [3.05, 3.63) is 36.0 Å². The van der Waals surface area contributed by atoms with Crippen molar-refractivity contribution in [2.75, 3.05) is 26.1 Å². The number of imidazole rings is 2. The summed E-state index contributed by atoms with van der Waals surface area (Å²) in [7, 11) is 2.59. The van der Waals surface area contributed by atoms with Gasteiger partial charge in [-0.3, -0.25) is 9.59 Å². The molecule has 1 spiro atoms. The topological polar surface area (TPSA) is 187 Å². The van der Waals surface area contributed by atoms with E-state index in [1.165, 1.54) is 14.2 Å². The van der Waals surface area contributed by atoms with E-state index in [-0.39, 0.29) is 53.1 Å². The first-order chi connectivity index (χ1) is 24.4. The average molecular weight is 704 g/mol. The summed E-state index contributed by atoms with van der Waals surface area (Å²) in [4.78, 5) is 72.3. The van der Waals surface area contributed by atoms with Gasteiger partial charge in [-0.1, -0.05) is 27.7 Å². The number of anilines is 2. The molecule has 4 amide bonds. The van der Waals surface area contributed by atoms with E-state index in [9.17, 15) is 19.2 Å². The second kappa shape index (κ2) is 13.4. The van der Waals surface area contributed by atoms with E-state index in [2.05, 4.69) is 25.9 Å². The van der Waals surface area contributed by atoms with Crippen molar-refractivity contribution in [1.29, 1.82) is 0 Å². The number of H-pyrrole nitrogens is 2. The number of rotatable bonds is 10. The van der Waals surface area contributed by atoms with Crippen molar-refractivity contribution in [3.63, 3.8) is 0 Å². The van der Waals surface area contributed by atoms with Gasteiger partial charge < -0.3 is 45.2 Å². The van der Waals surface area contributed by atoms with E-state index in [4.69, 9.17) is 19.4 Å². The normalized spacial score (nSPS) is 24.3. The molecule has 2 saturated carbocycles. The van der Waals surface area contributed by atoms with Crippen LogP contribution in [-0.4, -0.2) is 92.6 Å². The molecule has 1 unspecified atom stereocenters. The van der Waals surface area contributed by atoms with Gasteiger partial charge in [-0.05, 0) is 79.9 Å². The fraction of sp³-hybridized carbons (Fsp3) is 0.611. The Balaban J connectivity index is 1.08. The second-order valence-electron chi connectivity index (χ2n) is 15.5. The number of aromatic amines is 2. The highest BCUT2D eigenvalue weighted by atomic mass is 16.5. The van der Waals surface area contributed by atoms with Crippen LogP contribution >= 0.6 is 0 Å². The maximum atomic E-state index is 13.9. The number of nitrogens with one attached hydrogen (secondary N) is 5. The molecule has 51 heavy (non-hydrogen) atoms. The summed E-state index contributed by atoms with van der Waals surface area (Å²) < 4.78 is 9.60. The molecule has 6 atom stereocenters. The number of amides is 4. The Bertz CT molecular complexity index is 1810. The van der Waals surface area contributed by atoms with Crippen LogP contribution in [0.3, 0.4) is 0 Å². The number of carbonyl (C=O) groups excluding carboxylic acids is 4. The van der Waals surface area contributed by atoms with Crippen LogP contribution in [0, 0.1) is 23.2 Å². The van der Waals surface area contributed by atoms with Gasteiger partial charge in [-0.2, -0.15) is 0 Å². The molecule has 4 aliphatic rings. The molecule has 274 valence electrons. The molecule has 4 heterocycles. The number of aromatic nitrogens is 4. The Hall–Kier alpha value is -4.82. The molecule has 2 bridgehead atoms. The molecule has 0 radical (unpaired) electrons. The van der Waals surface area contributed by atoms with Crippen LogP contribution in [0.4, 0.5) is 21.1 Å². The molecule has 2 saturated heterocycles. The molecular weight excluding hydrogens is 654 g/mol. The van der Waals surface area contributed by atoms with Crippen LogP contribution in [0.15, 0.2) is 24.4 Å². The highest BCUT2D eigenvalue weighted by molar-refractivity contribution is 5.88. The van der Waals surface area contributed by atoms with Crippen LogP contribution in [0.5, 0.6) is 0 Å². The predicted octanol–water partition coefficient (Wildman–Crippen LogP) is 4.90. The summed E-state index contributed by atoms with van der Waals surface area (Å²) in [6.45, 7) is 8.29. The number of methoxy groups -OCH3 is 2. The highest BCUT2D eigenvalue weighted by Crippen LogP contribution is 2.58. The largest absolute Gasteiger partial charge is 0.453 e. The summed E-state index contributed by atoms with van der Waals surface area (Å²) >= 11 is 0. The monoisotopic (exact) mass is 703 g/mol. The SMILES string of the molecule is COC(=O)N[C@H](C(=O)N1CC2(CC2)C[C@H]1c1ncc(Nc2ccc3nc([C@@H]4[C@H]5CCC(C5)N4C(=O)[C@@H](NC(=O)OC)C(C)C)[nH]c3c2)[nH]1)C(C)C. The van der Waals surface area contributed by atoms with Crippen LogP contribution < -0.4 is 16.0 Å². The zero-order valence-electron chi connectivity index (χ0n) is 30.1. The number of hydrogen-bond acceptors (Lipinski definition) is 9. The van der Waals surface area contributed by atoms with Gasteiger partial charge >= 0.3 is 12.2 Å². The first-order valence-electron chi connectivity index (χ1n) is 18.0. The summed E-state index contributed by atoms with van der Waals surface area (Å²) in [5.74, 6) is 1.94. The molecule has 1 aromatic carbocycles. The maximum Gasteiger partial charge on any atom is 0.407 e. The second-order valence-corrected chi connectivity index (χ2v) is 15.5. The van der Waals surface area contributed by atoms with Gasteiger partial charge in [0.05, 0.1) is 43.5 Å². The minimum absolute atomic E-state index is 0.101. The Morgan fingerprint density at radius 2 is 1.61 bits per heavy atom. The van der Waals surface area contributed by atoms with Crippen molar-refractivity contribution < 1.29 is 28.7 Å².